The summed E-state index contributed by atoms with van der Waals surface area (Å²) < 4.78 is 16.1. The standard InChI is InChI=1S/C27H35ClN2O4/c1-32-24-7-6-19(13-26(24)34-3)8-11-29-10-4-5-20(17-29)18-30-12-9-21-14-23(28)25(33-2)15-22(21)16-27(30)31/h6-7,13-15,20H,4-5,8-12,16-18H2,1-3H3. The summed E-state index contributed by atoms with van der Waals surface area (Å²) in [6.45, 7) is 4.72. The first-order valence-electron chi connectivity index (χ1n) is 12.1. The Hall–Kier alpha value is -2.44. The van der Waals surface area contributed by atoms with Crippen molar-refractivity contribution >= 4 is 17.5 Å². The lowest BCUT2D eigenvalue weighted by molar-refractivity contribution is -0.131. The van der Waals surface area contributed by atoms with Crippen LogP contribution < -0.4 is 14.2 Å². The largest absolute Gasteiger partial charge is 0.495 e. The highest BCUT2D eigenvalue weighted by molar-refractivity contribution is 6.32. The van der Waals surface area contributed by atoms with E-state index in [4.69, 9.17) is 25.8 Å². The van der Waals surface area contributed by atoms with Crippen LogP contribution in [0.3, 0.4) is 0 Å². The van der Waals surface area contributed by atoms with Crippen molar-refractivity contribution in [3.63, 3.8) is 0 Å². The Morgan fingerprint density at radius 3 is 2.53 bits per heavy atom. The second-order valence-corrected chi connectivity index (χ2v) is 9.68. The summed E-state index contributed by atoms with van der Waals surface area (Å²) in [5, 5.41) is 0.611. The number of nitrogens with zero attached hydrogens (tertiary/aromatic N) is 2. The van der Waals surface area contributed by atoms with E-state index in [1.54, 1.807) is 21.3 Å². The van der Waals surface area contributed by atoms with Crippen LogP contribution in [0.2, 0.25) is 5.02 Å². The lowest BCUT2D eigenvalue weighted by Gasteiger charge is -2.35. The van der Waals surface area contributed by atoms with E-state index in [1.165, 1.54) is 18.4 Å². The number of amides is 1. The molecule has 2 heterocycles. The van der Waals surface area contributed by atoms with Gasteiger partial charge in [-0.05, 0) is 79.1 Å². The van der Waals surface area contributed by atoms with Gasteiger partial charge in [-0.2, -0.15) is 0 Å². The van der Waals surface area contributed by atoms with Gasteiger partial charge in [0.15, 0.2) is 11.5 Å². The monoisotopic (exact) mass is 486 g/mol. The Balaban J connectivity index is 1.32. The van der Waals surface area contributed by atoms with Crippen molar-refractivity contribution in [2.24, 2.45) is 5.92 Å². The minimum Gasteiger partial charge on any atom is -0.495 e. The first kappa shape index (κ1) is 24.7. The van der Waals surface area contributed by atoms with Crippen LogP contribution in [0.4, 0.5) is 0 Å². The van der Waals surface area contributed by atoms with E-state index in [2.05, 4.69) is 21.9 Å². The minimum absolute atomic E-state index is 0.200. The lowest BCUT2D eigenvalue weighted by atomic mass is 9.96. The molecule has 0 aliphatic carbocycles. The van der Waals surface area contributed by atoms with Crippen LogP contribution in [-0.4, -0.2) is 69.8 Å². The van der Waals surface area contributed by atoms with Crippen LogP contribution in [0.15, 0.2) is 30.3 Å². The molecule has 2 aliphatic heterocycles. The molecule has 184 valence electrons. The molecule has 0 N–H and O–H groups in total. The fraction of sp³-hybridized carbons (Fsp3) is 0.519. The molecule has 1 atom stereocenters. The molecule has 1 saturated heterocycles. The number of hydrogen-bond acceptors (Lipinski definition) is 5. The van der Waals surface area contributed by atoms with Gasteiger partial charge in [-0.15, -0.1) is 0 Å². The van der Waals surface area contributed by atoms with Gasteiger partial charge in [0.05, 0.1) is 32.8 Å². The number of carbonyl (C=O) groups is 1. The molecule has 0 aromatic heterocycles. The Labute approximate surface area is 207 Å². The molecule has 2 aliphatic rings. The fourth-order valence-corrected chi connectivity index (χ4v) is 5.44. The van der Waals surface area contributed by atoms with Crippen molar-refractivity contribution in [2.45, 2.75) is 32.1 Å². The maximum Gasteiger partial charge on any atom is 0.227 e. The van der Waals surface area contributed by atoms with E-state index in [9.17, 15) is 4.79 Å². The number of likely N-dealkylation sites (tertiary alicyclic amines) is 1. The molecule has 4 rings (SSSR count). The Bertz CT molecular complexity index is 1010. The maximum absolute atomic E-state index is 13.1. The molecule has 1 amide bonds. The van der Waals surface area contributed by atoms with Crippen molar-refractivity contribution in [3.8, 4) is 17.2 Å². The van der Waals surface area contributed by atoms with Gasteiger partial charge in [0, 0.05) is 26.2 Å². The molecule has 1 unspecified atom stereocenters. The third-order valence-corrected chi connectivity index (χ3v) is 7.36. The van der Waals surface area contributed by atoms with Crippen LogP contribution in [0.5, 0.6) is 17.2 Å². The third kappa shape index (κ3) is 5.78. The van der Waals surface area contributed by atoms with Gasteiger partial charge in [-0.3, -0.25) is 4.79 Å². The molecule has 1 fully saturated rings. The van der Waals surface area contributed by atoms with E-state index in [-0.39, 0.29) is 5.91 Å². The lowest BCUT2D eigenvalue weighted by Crippen LogP contribution is -2.44. The second-order valence-electron chi connectivity index (χ2n) is 9.27. The molecule has 2 aromatic carbocycles. The van der Waals surface area contributed by atoms with Crippen LogP contribution in [0, 0.1) is 5.92 Å². The highest BCUT2D eigenvalue weighted by Crippen LogP contribution is 2.31. The van der Waals surface area contributed by atoms with Crippen molar-refractivity contribution in [2.75, 3.05) is 54.1 Å². The van der Waals surface area contributed by atoms with Gasteiger partial charge in [0.2, 0.25) is 5.91 Å². The number of fused-ring (bicyclic) bond motifs is 1. The van der Waals surface area contributed by atoms with E-state index in [0.717, 1.165) is 68.2 Å². The molecule has 6 nitrogen and oxygen atoms in total. The molecule has 7 heteroatoms. The Morgan fingerprint density at radius 2 is 1.76 bits per heavy atom. The van der Waals surface area contributed by atoms with Gasteiger partial charge >= 0.3 is 0 Å². The second kappa shape index (κ2) is 11.3. The Kier molecular flexibility index (Phi) is 8.22. The van der Waals surface area contributed by atoms with Crippen molar-refractivity contribution in [1.29, 1.82) is 0 Å². The fourth-order valence-electron chi connectivity index (χ4n) is 5.18. The van der Waals surface area contributed by atoms with E-state index >= 15 is 0 Å². The van der Waals surface area contributed by atoms with Crippen molar-refractivity contribution in [1.82, 2.24) is 9.80 Å². The van der Waals surface area contributed by atoms with E-state index in [0.29, 0.717) is 23.1 Å². The highest BCUT2D eigenvalue weighted by Gasteiger charge is 2.27. The molecule has 0 saturated carbocycles. The number of ether oxygens (including phenoxy) is 3. The number of rotatable bonds is 8. The number of benzene rings is 2. The first-order valence-corrected chi connectivity index (χ1v) is 12.4. The number of methoxy groups -OCH3 is 3. The zero-order valence-electron chi connectivity index (χ0n) is 20.4. The summed E-state index contributed by atoms with van der Waals surface area (Å²) in [7, 11) is 4.94. The van der Waals surface area contributed by atoms with Crippen LogP contribution >= 0.6 is 11.6 Å². The van der Waals surface area contributed by atoms with Crippen LogP contribution in [0.25, 0.3) is 0 Å². The molecule has 0 radical (unpaired) electrons. The quantitative estimate of drug-likeness (QED) is 0.558. The molecule has 0 spiro atoms. The average molecular weight is 487 g/mol. The predicted molar refractivity (Wildman–Crippen MR) is 134 cm³/mol. The smallest absolute Gasteiger partial charge is 0.227 e. The number of piperidine rings is 1. The summed E-state index contributed by atoms with van der Waals surface area (Å²) in [6.07, 6.45) is 4.56. The zero-order valence-corrected chi connectivity index (χ0v) is 21.2. The third-order valence-electron chi connectivity index (χ3n) is 7.07. The first-order chi connectivity index (χ1) is 16.5. The summed E-state index contributed by atoms with van der Waals surface area (Å²) >= 11 is 6.32. The zero-order chi connectivity index (χ0) is 24.1. The molecule has 2 aromatic rings. The highest BCUT2D eigenvalue weighted by atomic mass is 35.5. The molecule has 34 heavy (non-hydrogen) atoms. The summed E-state index contributed by atoms with van der Waals surface area (Å²) in [4.78, 5) is 17.6. The van der Waals surface area contributed by atoms with E-state index in [1.807, 2.05) is 18.2 Å². The minimum atomic E-state index is 0.200. The normalized spacial score (nSPS) is 18.9. The maximum atomic E-state index is 13.1. The van der Waals surface area contributed by atoms with Gasteiger partial charge in [-0.25, -0.2) is 0 Å². The number of carbonyl (C=O) groups excluding carboxylic acids is 1. The predicted octanol–water partition coefficient (Wildman–Crippen LogP) is 4.25. The van der Waals surface area contributed by atoms with Gasteiger partial charge in [0.1, 0.15) is 5.75 Å². The van der Waals surface area contributed by atoms with Gasteiger partial charge in [-0.1, -0.05) is 17.7 Å². The topological polar surface area (TPSA) is 51.2 Å². The van der Waals surface area contributed by atoms with Gasteiger partial charge < -0.3 is 24.0 Å². The molecular formula is C27H35ClN2O4. The summed E-state index contributed by atoms with van der Waals surface area (Å²) in [6, 6.07) is 10.0. The summed E-state index contributed by atoms with van der Waals surface area (Å²) in [5.41, 5.74) is 3.44. The van der Waals surface area contributed by atoms with Crippen LogP contribution in [-0.2, 0) is 24.1 Å². The van der Waals surface area contributed by atoms with Gasteiger partial charge in [0.25, 0.3) is 0 Å². The molecular weight excluding hydrogens is 452 g/mol. The summed E-state index contributed by atoms with van der Waals surface area (Å²) in [5.74, 6) is 2.87. The number of hydrogen-bond donors (Lipinski definition) is 0. The van der Waals surface area contributed by atoms with Crippen molar-refractivity contribution < 1.29 is 19.0 Å². The molecule has 0 bridgehead atoms. The van der Waals surface area contributed by atoms with Crippen LogP contribution in [0.1, 0.15) is 29.5 Å². The average Bonchev–Trinajstić information content (AvgIpc) is 3.00. The SMILES string of the molecule is COc1cc2c(cc1Cl)CCN(CC1CCCN(CCc3ccc(OC)c(OC)c3)C1)C(=O)C2. The van der Waals surface area contributed by atoms with E-state index < -0.39 is 0 Å². The number of halogens is 1. The van der Waals surface area contributed by atoms with Crippen molar-refractivity contribution in [3.05, 3.63) is 52.0 Å². The Morgan fingerprint density at radius 1 is 0.971 bits per heavy atom.